The fraction of sp³-hybridized carbons (Fsp3) is 0.667. The summed E-state index contributed by atoms with van der Waals surface area (Å²) in [7, 11) is 0. The van der Waals surface area contributed by atoms with Gasteiger partial charge in [-0.05, 0) is 76.2 Å². The van der Waals surface area contributed by atoms with Gasteiger partial charge in [0.2, 0.25) is 5.90 Å². The maximum atomic E-state index is 9.46. The molecule has 1 unspecified atom stereocenters. The van der Waals surface area contributed by atoms with E-state index in [2.05, 4.69) is 18.5 Å². The lowest BCUT2D eigenvalue weighted by atomic mass is 9.82. The quantitative estimate of drug-likeness (QED) is 0.565. The van der Waals surface area contributed by atoms with E-state index in [-0.39, 0.29) is 6.61 Å². The Labute approximate surface area is 146 Å². The Bertz CT molecular complexity index is 564. The number of ether oxygens (including phenoxy) is 1. The van der Waals surface area contributed by atoms with E-state index < -0.39 is 0 Å². The number of hydrogen-bond acceptors (Lipinski definition) is 3. The molecule has 132 valence electrons. The van der Waals surface area contributed by atoms with Crippen molar-refractivity contribution in [3.63, 3.8) is 0 Å². The summed E-state index contributed by atoms with van der Waals surface area (Å²) in [6.45, 7) is 6.28. The van der Waals surface area contributed by atoms with Gasteiger partial charge in [0, 0.05) is 18.4 Å². The highest BCUT2D eigenvalue weighted by Crippen LogP contribution is 2.46. The van der Waals surface area contributed by atoms with E-state index in [1.807, 2.05) is 0 Å². The maximum Gasteiger partial charge on any atom is 0.221 e. The summed E-state index contributed by atoms with van der Waals surface area (Å²) in [6, 6.07) is 0. The summed E-state index contributed by atoms with van der Waals surface area (Å²) in [6.07, 6.45) is 13.4. The van der Waals surface area contributed by atoms with Crippen LogP contribution in [0.4, 0.5) is 0 Å². The first kappa shape index (κ1) is 17.5. The van der Waals surface area contributed by atoms with Crippen molar-refractivity contribution in [2.75, 3.05) is 6.61 Å². The van der Waals surface area contributed by atoms with Crippen LogP contribution in [0.25, 0.3) is 0 Å². The molecule has 0 bridgehead atoms. The topological polar surface area (TPSA) is 41.8 Å². The van der Waals surface area contributed by atoms with Gasteiger partial charge < -0.3 is 9.84 Å². The third kappa shape index (κ3) is 3.66. The molecule has 0 amide bonds. The molecule has 1 atom stereocenters. The highest BCUT2D eigenvalue weighted by molar-refractivity contribution is 6.00. The molecule has 0 aromatic carbocycles. The molecule has 0 radical (unpaired) electrons. The van der Waals surface area contributed by atoms with Crippen molar-refractivity contribution in [1.82, 2.24) is 0 Å². The van der Waals surface area contributed by atoms with Crippen LogP contribution >= 0.6 is 0 Å². The first-order chi connectivity index (χ1) is 11.7. The lowest BCUT2D eigenvalue weighted by molar-refractivity contribution is 0.143. The normalized spacial score (nSPS) is 25.9. The smallest absolute Gasteiger partial charge is 0.221 e. The number of rotatable bonds is 5. The molecule has 0 aliphatic heterocycles. The Morgan fingerprint density at radius 2 is 2.00 bits per heavy atom. The third-order valence-electron chi connectivity index (χ3n) is 5.81. The van der Waals surface area contributed by atoms with Crippen LogP contribution in [0.1, 0.15) is 71.1 Å². The van der Waals surface area contributed by atoms with Gasteiger partial charge in [-0.3, -0.25) is 0 Å². The fourth-order valence-electron chi connectivity index (χ4n) is 4.57. The second-order valence-electron chi connectivity index (χ2n) is 7.42. The van der Waals surface area contributed by atoms with E-state index in [0.717, 1.165) is 44.4 Å². The summed E-state index contributed by atoms with van der Waals surface area (Å²) < 4.78 is 6.40. The van der Waals surface area contributed by atoms with Gasteiger partial charge in [0.15, 0.2) is 0 Å². The average Bonchev–Trinajstić information content (AvgIpc) is 2.99. The molecule has 0 aromatic heterocycles. The highest BCUT2D eigenvalue weighted by Gasteiger charge is 2.34. The Morgan fingerprint density at radius 1 is 1.21 bits per heavy atom. The van der Waals surface area contributed by atoms with Gasteiger partial charge in [-0.2, -0.15) is 0 Å². The summed E-state index contributed by atoms with van der Waals surface area (Å²) in [5, 5.41) is 9.46. The standard InChI is InChI=1S/C21H31NO2/c1-3-22-21(24-18-7-5-4-6-8-18)19-15(2)9-10-16-11-12-17(13-14-23)20(16)19/h3,17-18,23H,1,4-14H2,2H3. The molecule has 1 saturated carbocycles. The Balaban J connectivity index is 1.89. The van der Waals surface area contributed by atoms with Crippen molar-refractivity contribution >= 4 is 5.90 Å². The van der Waals surface area contributed by atoms with Gasteiger partial charge in [0.05, 0.1) is 0 Å². The lowest BCUT2D eigenvalue weighted by Gasteiger charge is -2.29. The van der Waals surface area contributed by atoms with Gasteiger partial charge >= 0.3 is 0 Å². The summed E-state index contributed by atoms with van der Waals surface area (Å²) in [5.41, 5.74) is 5.62. The van der Waals surface area contributed by atoms with Crippen molar-refractivity contribution < 1.29 is 9.84 Å². The van der Waals surface area contributed by atoms with E-state index in [9.17, 15) is 5.11 Å². The molecule has 3 nitrogen and oxygen atoms in total. The predicted octanol–water partition coefficient (Wildman–Crippen LogP) is 5.08. The average molecular weight is 329 g/mol. The number of nitrogens with zero attached hydrogens (tertiary/aromatic N) is 1. The Hall–Kier alpha value is -1.35. The van der Waals surface area contributed by atoms with Crippen molar-refractivity contribution in [2.45, 2.75) is 77.2 Å². The van der Waals surface area contributed by atoms with E-state index in [1.54, 1.807) is 11.8 Å². The van der Waals surface area contributed by atoms with Crippen molar-refractivity contribution in [2.24, 2.45) is 10.9 Å². The minimum atomic E-state index is 0.255. The Morgan fingerprint density at radius 3 is 2.71 bits per heavy atom. The molecule has 0 heterocycles. The highest BCUT2D eigenvalue weighted by atomic mass is 16.5. The van der Waals surface area contributed by atoms with Crippen LogP contribution in [0.15, 0.2) is 40.1 Å². The van der Waals surface area contributed by atoms with Gasteiger partial charge in [-0.1, -0.05) is 24.1 Å². The molecule has 0 aromatic rings. The first-order valence-electron chi connectivity index (χ1n) is 9.63. The molecule has 0 spiro atoms. The predicted molar refractivity (Wildman–Crippen MR) is 99.0 cm³/mol. The van der Waals surface area contributed by atoms with E-state index in [0.29, 0.717) is 12.0 Å². The Kier molecular flexibility index (Phi) is 5.94. The largest absolute Gasteiger partial charge is 0.474 e. The zero-order chi connectivity index (χ0) is 16.9. The minimum Gasteiger partial charge on any atom is -0.474 e. The van der Waals surface area contributed by atoms with Crippen molar-refractivity contribution in [3.8, 4) is 0 Å². The van der Waals surface area contributed by atoms with Gasteiger partial charge in [-0.15, -0.1) is 0 Å². The second kappa shape index (κ2) is 8.15. The fourth-order valence-corrected chi connectivity index (χ4v) is 4.57. The minimum absolute atomic E-state index is 0.255. The number of aliphatic hydroxyl groups excluding tert-OH is 1. The lowest BCUT2D eigenvalue weighted by Crippen LogP contribution is -2.25. The molecular weight excluding hydrogens is 298 g/mol. The first-order valence-corrected chi connectivity index (χ1v) is 9.63. The molecule has 3 aliphatic rings. The maximum absolute atomic E-state index is 9.46. The zero-order valence-electron chi connectivity index (χ0n) is 15.0. The molecule has 1 N–H and O–H groups in total. The van der Waals surface area contributed by atoms with E-state index in [4.69, 9.17) is 4.74 Å². The molecule has 1 fully saturated rings. The van der Waals surface area contributed by atoms with Crippen LogP contribution < -0.4 is 0 Å². The number of aliphatic imine (C=N–C) groups is 1. The zero-order valence-corrected chi connectivity index (χ0v) is 15.0. The molecule has 3 aliphatic carbocycles. The second-order valence-corrected chi connectivity index (χ2v) is 7.42. The van der Waals surface area contributed by atoms with Gasteiger partial charge in [-0.25, -0.2) is 4.99 Å². The monoisotopic (exact) mass is 329 g/mol. The van der Waals surface area contributed by atoms with Crippen LogP contribution in [0.2, 0.25) is 0 Å². The summed E-state index contributed by atoms with van der Waals surface area (Å²) in [5.74, 6) is 1.24. The van der Waals surface area contributed by atoms with E-state index in [1.165, 1.54) is 42.4 Å². The van der Waals surface area contributed by atoms with Crippen LogP contribution in [0.3, 0.4) is 0 Å². The van der Waals surface area contributed by atoms with E-state index >= 15 is 0 Å². The van der Waals surface area contributed by atoms with Gasteiger partial charge in [0.1, 0.15) is 6.10 Å². The molecule has 24 heavy (non-hydrogen) atoms. The molecule has 3 rings (SSSR count). The van der Waals surface area contributed by atoms with Crippen molar-refractivity contribution in [1.29, 1.82) is 0 Å². The SMILES string of the molecule is C=CN=C(OC1CCCCC1)C1=C(C)CCC2=C1C(CCO)CC2. The van der Waals surface area contributed by atoms with Gasteiger partial charge in [0.25, 0.3) is 0 Å². The summed E-state index contributed by atoms with van der Waals surface area (Å²) in [4.78, 5) is 4.55. The summed E-state index contributed by atoms with van der Waals surface area (Å²) >= 11 is 0. The van der Waals surface area contributed by atoms with Crippen molar-refractivity contribution in [3.05, 3.63) is 35.1 Å². The molecule has 3 heteroatoms. The molecular formula is C21H31NO2. The van der Waals surface area contributed by atoms with Crippen LogP contribution in [-0.4, -0.2) is 23.7 Å². The number of aliphatic hydroxyl groups is 1. The molecule has 0 saturated heterocycles. The number of allylic oxidation sites excluding steroid dienone is 2. The van der Waals surface area contributed by atoms with Crippen LogP contribution in [0.5, 0.6) is 0 Å². The van der Waals surface area contributed by atoms with Crippen LogP contribution in [-0.2, 0) is 4.74 Å². The third-order valence-corrected chi connectivity index (χ3v) is 5.81. The number of hydrogen-bond donors (Lipinski definition) is 1. The van der Waals surface area contributed by atoms with Crippen LogP contribution in [0, 0.1) is 5.92 Å².